The molecule has 2 aromatic carbocycles. The van der Waals surface area contributed by atoms with Crippen LogP contribution in [0.2, 0.25) is 0 Å². The fourth-order valence-electron chi connectivity index (χ4n) is 2.39. The first kappa shape index (κ1) is 18.6. The van der Waals surface area contributed by atoms with Gasteiger partial charge in [0.15, 0.2) is 5.13 Å². The van der Waals surface area contributed by atoms with Gasteiger partial charge in [0.1, 0.15) is 17.2 Å². The zero-order valence-electron chi connectivity index (χ0n) is 14.9. The number of aryl methyl sites for hydroxylation is 1. The number of amides is 1. The molecule has 138 valence electrons. The number of thiazole rings is 1. The molecule has 0 aliphatic heterocycles. The molecular formula is C20H20N4O2S. The molecule has 1 aromatic heterocycles. The number of nitrogen functional groups attached to an aromatic ring is 1. The number of ether oxygens (including phenoxy) is 1. The summed E-state index contributed by atoms with van der Waals surface area (Å²) in [5, 5.41) is 4.38. The number of anilines is 1. The van der Waals surface area contributed by atoms with Crippen LogP contribution < -0.4 is 15.9 Å². The van der Waals surface area contributed by atoms with Gasteiger partial charge < -0.3 is 10.5 Å². The predicted molar refractivity (Wildman–Crippen MR) is 108 cm³/mol. The zero-order chi connectivity index (χ0) is 19.1. The SMILES string of the molecule is CCc1nc(N)sc1C(=O)NN=Cc1ccc(OCc2ccccc2)cc1. The smallest absolute Gasteiger partial charge is 0.283 e. The monoisotopic (exact) mass is 380 g/mol. The molecule has 0 saturated carbocycles. The van der Waals surface area contributed by atoms with Crippen LogP contribution in [0.5, 0.6) is 5.75 Å². The average Bonchev–Trinajstić information content (AvgIpc) is 3.09. The second-order valence-electron chi connectivity index (χ2n) is 5.72. The molecule has 0 saturated heterocycles. The second-order valence-corrected chi connectivity index (χ2v) is 6.75. The van der Waals surface area contributed by atoms with Gasteiger partial charge in [-0.1, -0.05) is 48.6 Å². The molecule has 3 rings (SSSR count). The highest BCUT2D eigenvalue weighted by Crippen LogP contribution is 2.20. The van der Waals surface area contributed by atoms with E-state index in [4.69, 9.17) is 10.5 Å². The highest BCUT2D eigenvalue weighted by molar-refractivity contribution is 7.17. The van der Waals surface area contributed by atoms with E-state index in [1.54, 1.807) is 6.21 Å². The van der Waals surface area contributed by atoms with Crippen LogP contribution >= 0.6 is 11.3 Å². The third-order valence-corrected chi connectivity index (χ3v) is 4.69. The maximum Gasteiger partial charge on any atom is 0.283 e. The van der Waals surface area contributed by atoms with Crippen LogP contribution in [0.15, 0.2) is 59.7 Å². The predicted octanol–water partition coefficient (Wildman–Crippen LogP) is 3.63. The summed E-state index contributed by atoms with van der Waals surface area (Å²) in [6, 6.07) is 17.5. The number of carbonyl (C=O) groups excluding carboxylic acids is 1. The van der Waals surface area contributed by atoms with E-state index in [0.29, 0.717) is 28.7 Å². The lowest BCUT2D eigenvalue weighted by Crippen LogP contribution is -2.17. The Labute approximate surface area is 161 Å². The van der Waals surface area contributed by atoms with Crippen molar-refractivity contribution in [3.8, 4) is 5.75 Å². The highest BCUT2D eigenvalue weighted by atomic mass is 32.1. The Morgan fingerprint density at radius 1 is 1.22 bits per heavy atom. The lowest BCUT2D eigenvalue weighted by molar-refractivity contribution is 0.0958. The Hall–Kier alpha value is -3.19. The van der Waals surface area contributed by atoms with Crippen molar-refractivity contribution in [2.75, 3.05) is 5.73 Å². The number of hydrogen-bond donors (Lipinski definition) is 2. The molecule has 0 aliphatic rings. The molecule has 7 heteroatoms. The van der Waals surface area contributed by atoms with Crippen molar-refractivity contribution < 1.29 is 9.53 Å². The van der Waals surface area contributed by atoms with Gasteiger partial charge in [-0.25, -0.2) is 10.4 Å². The summed E-state index contributed by atoms with van der Waals surface area (Å²) < 4.78 is 5.74. The molecule has 1 amide bonds. The Morgan fingerprint density at radius 2 is 1.96 bits per heavy atom. The number of carbonyl (C=O) groups is 1. The van der Waals surface area contributed by atoms with Gasteiger partial charge in [-0.05, 0) is 41.8 Å². The molecule has 0 aliphatic carbocycles. The van der Waals surface area contributed by atoms with Crippen LogP contribution in [-0.2, 0) is 13.0 Å². The molecule has 0 spiro atoms. The lowest BCUT2D eigenvalue weighted by Gasteiger charge is -2.06. The summed E-state index contributed by atoms with van der Waals surface area (Å²) >= 11 is 1.16. The minimum atomic E-state index is -0.305. The van der Waals surface area contributed by atoms with Crippen molar-refractivity contribution in [2.24, 2.45) is 5.10 Å². The van der Waals surface area contributed by atoms with Gasteiger partial charge in [-0.15, -0.1) is 0 Å². The van der Waals surface area contributed by atoms with Crippen molar-refractivity contribution in [1.29, 1.82) is 0 Å². The van der Waals surface area contributed by atoms with Crippen LogP contribution in [0.3, 0.4) is 0 Å². The first-order valence-electron chi connectivity index (χ1n) is 8.51. The zero-order valence-corrected chi connectivity index (χ0v) is 15.7. The Kier molecular flexibility index (Phi) is 6.17. The van der Waals surface area contributed by atoms with E-state index < -0.39 is 0 Å². The van der Waals surface area contributed by atoms with Gasteiger partial charge in [0.25, 0.3) is 5.91 Å². The van der Waals surface area contributed by atoms with Crippen LogP contribution in [-0.4, -0.2) is 17.1 Å². The van der Waals surface area contributed by atoms with E-state index in [-0.39, 0.29) is 5.91 Å². The quantitative estimate of drug-likeness (QED) is 0.484. The van der Waals surface area contributed by atoms with Gasteiger partial charge in [0.2, 0.25) is 0 Å². The Morgan fingerprint density at radius 3 is 2.67 bits per heavy atom. The van der Waals surface area contributed by atoms with Gasteiger partial charge in [-0.3, -0.25) is 4.79 Å². The van der Waals surface area contributed by atoms with E-state index in [2.05, 4.69) is 15.5 Å². The van der Waals surface area contributed by atoms with Crippen molar-refractivity contribution in [2.45, 2.75) is 20.0 Å². The summed E-state index contributed by atoms with van der Waals surface area (Å²) in [4.78, 5) is 16.8. The van der Waals surface area contributed by atoms with E-state index >= 15 is 0 Å². The summed E-state index contributed by atoms with van der Waals surface area (Å²) in [7, 11) is 0. The van der Waals surface area contributed by atoms with Gasteiger partial charge in [0.05, 0.1) is 11.9 Å². The molecule has 0 unspecified atom stereocenters. The normalized spacial score (nSPS) is 10.9. The van der Waals surface area contributed by atoms with E-state index in [9.17, 15) is 4.79 Å². The number of nitrogens with zero attached hydrogens (tertiary/aromatic N) is 2. The lowest BCUT2D eigenvalue weighted by atomic mass is 10.2. The molecule has 0 bridgehead atoms. The Balaban J connectivity index is 1.54. The third kappa shape index (κ3) is 5.15. The standard InChI is InChI=1S/C20H20N4O2S/c1-2-17-18(27-20(21)23-17)19(25)24-22-12-14-8-10-16(11-9-14)26-13-15-6-4-3-5-7-15/h3-12H,2,13H2,1H3,(H2,21,23)(H,24,25). The number of hydrogen-bond acceptors (Lipinski definition) is 6. The summed E-state index contributed by atoms with van der Waals surface area (Å²) in [5.41, 5.74) is 10.8. The first-order chi connectivity index (χ1) is 13.2. The molecule has 3 N–H and O–H groups in total. The van der Waals surface area contributed by atoms with Crippen molar-refractivity contribution >= 4 is 28.6 Å². The van der Waals surface area contributed by atoms with Crippen LogP contribution in [0, 0.1) is 0 Å². The first-order valence-corrected chi connectivity index (χ1v) is 9.32. The molecule has 3 aromatic rings. The molecule has 1 heterocycles. The maximum atomic E-state index is 12.2. The number of nitrogens with two attached hydrogens (primary N) is 1. The number of aromatic nitrogens is 1. The largest absolute Gasteiger partial charge is 0.489 e. The third-order valence-electron chi connectivity index (χ3n) is 3.76. The highest BCUT2D eigenvalue weighted by Gasteiger charge is 2.15. The molecule has 0 radical (unpaired) electrons. The number of rotatable bonds is 7. The van der Waals surface area contributed by atoms with Crippen LogP contribution in [0.4, 0.5) is 5.13 Å². The molecule has 27 heavy (non-hydrogen) atoms. The van der Waals surface area contributed by atoms with Gasteiger partial charge >= 0.3 is 0 Å². The topological polar surface area (TPSA) is 89.6 Å². The van der Waals surface area contributed by atoms with Crippen molar-refractivity contribution in [1.82, 2.24) is 10.4 Å². The number of hydrazone groups is 1. The number of benzene rings is 2. The summed E-state index contributed by atoms with van der Waals surface area (Å²) in [6.07, 6.45) is 2.22. The number of nitrogens with one attached hydrogen (secondary N) is 1. The Bertz CT molecular complexity index is 921. The van der Waals surface area contributed by atoms with Crippen LogP contribution in [0.1, 0.15) is 33.4 Å². The minimum absolute atomic E-state index is 0.305. The molecule has 0 atom stereocenters. The second kappa shape index (κ2) is 8.95. The van der Waals surface area contributed by atoms with E-state index in [1.165, 1.54) is 0 Å². The average molecular weight is 380 g/mol. The van der Waals surface area contributed by atoms with E-state index in [1.807, 2.05) is 61.5 Å². The van der Waals surface area contributed by atoms with Crippen molar-refractivity contribution in [3.63, 3.8) is 0 Å². The van der Waals surface area contributed by atoms with Crippen LogP contribution in [0.25, 0.3) is 0 Å². The van der Waals surface area contributed by atoms with Crippen molar-refractivity contribution in [3.05, 3.63) is 76.3 Å². The maximum absolute atomic E-state index is 12.2. The van der Waals surface area contributed by atoms with Gasteiger partial charge in [-0.2, -0.15) is 5.10 Å². The molecule has 6 nitrogen and oxygen atoms in total. The minimum Gasteiger partial charge on any atom is -0.489 e. The summed E-state index contributed by atoms with van der Waals surface area (Å²) in [6.45, 7) is 2.44. The molecule has 0 fully saturated rings. The summed E-state index contributed by atoms with van der Waals surface area (Å²) in [5.74, 6) is 0.466. The van der Waals surface area contributed by atoms with Gasteiger partial charge in [0, 0.05) is 0 Å². The fraction of sp³-hybridized carbons (Fsp3) is 0.150. The molecular weight excluding hydrogens is 360 g/mol. The van der Waals surface area contributed by atoms with E-state index in [0.717, 1.165) is 28.2 Å². The fourth-order valence-corrected chi connectivity index (χ4v) is 3.21.